The zero-order valence-corrected chi connectivity index (χ0v) is 15.1. The molecule has 0 saturated carbocycles. The lowest BCUT2D eigenvalue weighted by molar-refractivity contribution is 0.226. The van der Waals surface area contributed by atoms with Gasteiger partial charge in [-0.25, -0.2) is 0 Å². The summed E-state index contributed by atoms with van der Waals surface area (Å²) < 4.78 is 0. The summed E-state index contributed by atoms with van der Waals surface area (Å²) in [6, 6.07) is 0.682. The first kappa shape index (κ1) is 20.0. The quantitative estimate of drug-likeness (QED) is 0.368. The van der Waals surface area contributed by atoms with Crippen molar-refractivity contribution < 1.29 is 0 Å². The molecule has 20 heavy (non-hydrogen) atoms. The van der Waals surface area contributed by atoms with Crippen LogP contribution in [0.25, 0.3) is 0 Å². The molecule has 0 aromatic carbocycles. The Balaban J connectivity index is 3.43. The fourth-order valence-electron chi connectivity index (χ4n) is 3.01. The van der Waals surface area contributed by atoms with Crippen molar-refractivity contribution >= 4 is 0 Å². The summed E-state index contributed by atoms with van der Waals surface area (Å²) in [5.74, 6) is 0. The average molecular weight is 284 g/mol. The van der Waals surface area contributed by atoms with Gasteiger partial charge in [-0.15, -0.1) is 0 Å². The van der Waals surface area contributed by atoms with Crippen molar-refractivity contribution in [1.82, 2.24) is 5.32 Å². The van der Waals surface area contributed by atoms with E-state index in [-0.39, 0.29) is 0 Å². The normalized spacial score (nSPS) is 13.7. The van der Waals surface area contributed by atoms with E-state index < -0.39 is 0 Å². The Labute approximate surface area is 129 Å². The summed E-state index contributed by atoms with van der Waals surface area (Å²) in [4.78, 5) is 0. The average Bonchev–Trinajstić information content (AvgIpc) is 2.44. The summed E-state index contributed by atoms with van der Waals surface area (Å²) in [6.45, 7) is 9.38. The van der Waals surface area contributed by atoms with Crippen molar-refractivity contribution in [3.8, 4) is 0 Å². The maximum absolute atomic E-state index is 3.52. The molecule has 0 bridgehead atoms. The third-order valence-electron chi connectivity index (χ3n) is 5.05. The molecule has 0 saturated heterocycles. The maximum atomic E-state index is 3.52. The lowest BCUT2D eigenvalue weighted by Crippen LogP contribution is -2.39. The van der Waals surface area contributed by atoms with E-state index in [4.69, 9.17) is 0 Å². The zero-order valence-electron chi connectivity index (χ0n) is 15.1. The van der Waals surface area contributed by atoms with Crippen LogP contribution >= 0.6 is 0 Å². The molecule has 1 atom stereocenters. The van der Waals surface area contributed by atoms with Gasteiger partial charge in [0.2, 0.25) is 0 Å². The van der Waals surface area contributed by atoms with Crippen LogP contribution in [0.5, 0.6) is 0 Å². The van der Waals surface area contributed by atoms with E-state index in [2.05, 4.69) is 40.1 Å². The molecule has 0 spiro atoms. The van der Waals surface area contributed by atoms with Gasteiger partial charge >= 0.3 is 0 Å². The number of hydrogen-bond donors (Lipinski definition) is 1. The van der Waals surface area contributed by atoms with E-state index in [0.717, 1.165) is 0 Å². The fourth-order valence-corrected chi connectivity index (χ4v) is 3.01. The molecule has 0 heterocycles. The van der Waals surface area contributed by atoms with E-state index in [1.807, 2.05) is 0 Å². The summed E-state index contributed by atoms with van der Waals surface area (Å²) in [6.07, 6.45) is 16.9. The minimum absolute atomic E-state index is 0.439. The smallest absolute Gasteiger partial charge is 0.0115 e. The van der Waals surface area contributed by atoms with Crippen molar-refractivity contribution in [2.75, 3.05) is 7.05 Å². The molecule has 0 radical (unpaired) electrons. The summed E-state index contributed by atoms with van der Waals surface area (Å²) >= 11 is 0. The van der Waals surface area contributed by atoms with Crippen molar-refractivity contribution in [3.05, 3.63) is 0 Å². The van der Waals surface area contributed by atoms with Gasteiger partial charge in [0.15, 0.2) is 0 Å². The monoisotopic (exact) mass is 283 g/mol. The van der Waals surface area contributed by atoms with Crippen LogP contribution in [0.15, 0.2) is 0 Å². The number of nitrogens with one attached hydrogen (secondary N) is 1. The highest BCUT2D eigenvalue weighted by molar-refractivity contribution is 4.81. The van der Waals surface area contributed by atoms with Crippen molar-refractivity contribution in [1.29, 1.82) is 0 Å². The molecule has 0 aliphatic rings. The van der Waals surface area contributed by atoms with Gasteiger partial charge in [0.1, 0.15) is 0 Å². The van der Waals surface area contributed by atoms with Gasteiger partial charge in [0.05, 0.1) is 0 Å². The number of rotatable bonds is 14. The second kappa shape index (κ2) is 12.7. The van der Waals surface area contributed by atoms with E-state index in [1.54, 1.807) is 0 Å². The molecule has 122 valence electrons. The molecule has 0 rings (SSSR count). The fraction of sp³-hybridized carbons (Fsp3) is 1.00. The first-order chi connectivity index (χ1) is 9.58. The second-order valence-electron chi connectivity index (χ2n) is 7.15. The molecule has 1 nitrogen and oxygen atoms in total. The lowest BCUT2D eigenvalue weighted by atomic mass is 9.79. The maximum Gasteiger partial charge on any atom is 0.0115 e. The molecule has 0 fully saturated rings. The second-order valence-corrected chi connectivity index (χ2v) is 7.15. The van der Waals surface area contributed by atoms with Crippen LogP contribution in [-0.2, 0) is 0 Å². The van der Waals surface area contributed by atoms with E-state index in [1.165, 1.54) is 77.0 Å². The molecule has 0 aromatic rings. The Bertz CT molecular complexity index is 198. The van der Waals surface area contributed by atoms with E-state index >= 15 is 0 Å². The van der Waals surface area contributed by atoms with Crippen LogP contribution in [0.1, 0.15) is 105 Å². The van der Waals surface area contributed by atoms with Crippen molar-refractivity contribution in [2.24, 2.45) is 5.41 Å². The van der Waals surface area contributed by atoms with Gasteiger partial charge in [0, 0.05) is 6.04 Å². The van der Waals surface area contributed by atoms with Crippen LogP contribution in [0, 0.1) is 5.41 Å². The third kappa shape index (κ3) is 9.80. The van der Waals surface area contributed by atoms with E-state index in [0.29, 0.717) is 11.5 Å². The highest BCUT2D eigenvalue weighted by atomic mass is 14.9. The van der Waals surface area contributed by atoms with Gasteiger partial charge in [-0.3, -0.25) is 0 Å². The Morgan fingerprint density at radius 2 is 1.20 bits per heavy atom. The minimum atomic E-state index is 0.439. The summed E-state index contributed by atoms with van der Waals surface area (Å²) in [5.41, 5.74) is 0.439. The number of unbranched alkanes of at least 4 members (excludes halogenated alkanes) is 9. The molecular formula is C19H41N. The molecule has 1 unspecified atom stereocenters. The third-order valence-corrected chi connectivity index (χ3v) is 5.05. The summed E-state index contributed by atoms with van der Waals surface area (Å²) in [5, 5.41) is 3.52. The van der Waals surface area contributed by atoms with Gasteiger partial charge in [0.25, 0.3) is 0 Å². The van der Waals surface area contributed by atoms with Crippen LogP contribution < -0.4 is 5.32 Å². The van der Waals surface area contributed by atoms with E-state index in [9.17, 15) is 0 Å². The van der Waals surface area contributed by atoms with Crippen LogP contribution in [0.2, 0.25) is 0 Å². The molecular weight excluding hydrogens is 242 g/mol. The SMILES string of the molecule is CCCCCCCCCCCCC(NC)C(C)(C)CC. The zero-order chi connectivity index (χ0) is 15.3. The van der Waals surface area contributed by atoms with Crippen LogP contribution in [0.3, 0.4) is 0 Å². The van der Waals surface area contributed by atoms with Gasteiger partial charge in [-0.2, -0.15) is 0 Å². The Morgan fingerprint density at radius 1 is 0.750 bits per heavy atom. The molecule has 1 N–H and O–H groups in total. The molecule has 0 aliphatic carbocycles. The minimum Gasteiger partial charge on any atom is -0.316 e. The molecule has 0 amide bonds. The molecule has 0 aromatic heterocycles. The molecule has 0 aliphatic heterocycles. The first-order valence-electron chi connectivity index (χ1n) is 9.25. The van der Waals surface area contributed by atoms with Crippen LogP contribution in [0.4, 0.5) is 0 Å². The number of hydrogen-bond acceptors (Lipinski definition) is 1. The van der Waals surface area contributed by atoms with Gasteiger partial charge in [-0.05, 0) is 25.3 Å². The van der Waals surface area contributed by atoms with Crippen molar-refractivity contribution in [3.63, 3.8) is 0 Å². The Kier molecular flexibility index (Phi) is 12.7. The largest absolute Gasteiger partial charge is 0.316 e. The Hall–Kier alpha value is -0.0400. The van der Waals surface area contributed by atoms with Crippen LogP contribution in [-0.4, -0.2) is 13.1 Å². The van der Waals surface area contributed by atoms with Gasteiger partial charge < -0.3 is 5.32 Å². The first-order valence-corrected chi connectivity index (χ1v) is 9.25. The van der Waals surface area contributed by atoms with Crippen molar-refractivity contribution in [2.45, 2.75) is 111 Å². The predicted octanol–water partition coefficient (Wildman–Crippen LogP) is 6.32. The highest BCUT2D eigenvalue weighted by Gasteiger charge is 2.25. The highest BCUT2D eigenvalue weighted by Crippen LogP contribution is 2.28. The lowest BCUT2D eigenvalue weighted by Gasteiger charge is -2.33. The Morgan fingerprint density at radius 3 is 1.60 bits per heavy atom. The van der Waals surface area contributed by atoms with Gasteiger partial charge in [-0.1, -0.05) is 91.9 Å². The standard InChI is InChI=1S/C19H41N/c1-6-8-9-10-11-12-13-14-15-16-17-18(20-5)19(3,4)7-2/h18,20H,6-17H2,1-5H3. The summed E-state index contributed by atoms with van der Waals surface area (Å²) in [7, 11) is 2.12. The molecule has 1 heteroatoms. The topological polar surface area (TPSA) is 12.0 Å². The predicted molar refractivity (Wildman–Crippen MR) is 93.4 cm³/mol.